The Labute approximate surface area is 235 Å². The summed E-state index contributed by atoms with van der Waals surface area (Å²) in [5, 5.41) is 12.4. The van der Waals surface area contributed by atoms with Crippen LogP contribution < -0.4 is 4.74 Å². The Morgan fingerprint density at radius 2 is 1.10 bits per heavy atom. The van der Waals surface area contributed by atoms with Gasteiger partial charge in [-0.05, 0) is 73.5 Å². The number of para-hydroxylation sites is 2. The molecule has 0 unspecified atom stereocenters. The molecule has 6 nitrogen and oxygen atoms in total. The lowest BCUT2D eigenvalue weighted by Crippen LogP contribution is -1.95. The van der Waals surface area contributed by atoms with Crippen molar-refractivity contribution in [3.63, 3.8) is 0 Å². The Kier molecular flexibility index (Phi) is 7.59. The standard InChI is InChI=1S/C16H13ClN2O.C15H11ClN2O/c1-10-7-8-11-13(9-10)18-16(19-15(11)17)12-5-3-4-6-14(12)20-2;1-9-6-7-10-12(8-9)17-15(18-14(10)16)11-4-2-3-5-13(11)19/h3-9H,1-2H3;2-8,19H,1H3. The zero-order chi connectivity index (χ0) is 27.5. The summed E-state index contributed by atoms with van der Waals surface area (Å²) >= 11 is 12.5. The molecule has 4 aromatic carbocycles. The summed E-state index contributed by atoms with van der Waals surface area (Å²) in [6.07, 6.45) is 0. The highest BCUT2D eigenvalue weighted by Gasteiger charge is 2.12. The highest BCUT2D eigenvalue weighted by molar-refractivity contribution is 6.34. The Morgan fingerprint density at radius 1 is 0.615 bits per heavy atom. The maximum absolute atomic E-state index is 9.86. The minimum absolute atomic E-state index is 0.144. The minimum Gasteiger partial charge on any atom is -0.507 e. The minimum atomic E-state index is 0.144. The van der Waals surface area contributed by atoms with Crippen LogP contribution in [-0.4, -0.2) is 32.2 Å². The average molecular weight is 555 g/mol. The van der Waals surface area contributed by atoms with Crippen LogP contribution in [-0.2, 0) is 0 Å². The molecule has 6 rings (SSSR count). The number of fused-ring (bicyclic) bond motifs is 2. The number of phenols is 1. The molecule has 0 fully saturated rings. The van der Waals surface area contributed by atoms with E-state index in [2.05, 4.69) is 19.9 Å². The van der Waals surface area contributed by atoms with E-state index >= 15 is 0 Å². The molecule has 0 aliphatic carbocycles. The van der Waals surface area contributed by atoms with Gasteiger partial charge in [0, 0.05) is 10.8 Å². The van der Waals surface area contributed by atoms with E-state index < -0.39 is 0 Å². The number of hydrogen-bond acceptors (Lipinski definition) is 6. The summed E-state index contributed by atoms with van der Waals surface area (Å²) in [7, 11) is 1.63. The quantitative estimate of drug-likeness (QED) is 0.222. The van der Waals surface area contributed by atoms with Gasteiger partial charge in [-0.1, -0.05) is 59.6 Å². The summed E-state index contributed by atoms with van der Waals surface area (Å²) < 4.78 is 5.35. The molecule has 0 aliphatic rings. The molecule has 39 heavy (non-hydrogen) atoms. The second kappa shape index (κ2) is 11.2. The van der Waals surface area contributed by atoms with Crippen LogP contribution in [0.1, 0.15) is 11.1 Å². The fourth-order valence-electron chi connectivity index (χ4n) is 4.13. The van der Waals surface area contributed by atoms with Crippen molar-refractivity contribution < 1.29 is 9.84 Å². The molecule has 0 saturated heterocycles. The number of halogens is 2. The number of methoxy groups -OCH3 is 1. The summed E-state index contributed by atoms with van der Waals surface area (Å²) in [5.74, 6) is 1.88. The van der Waals surface area contributed by atoms with E-state index in [-0.39, 0.29) is 5.75 Å². The van der Waals surface area contributed by atoms with Gasteiger partial charge in [-0.15, -0.1) is 0 Å². The molecule has 0 aliphatic heterocycles. The number of benzene rings is 4. The topological polar surface area (TPSA) is 81.0 Å². The van der Waals surface area contributed by atoms with Crippen LogP contribution in [0.25, 0.3) is 44.6 Å². The molecule has 0 atom stereocenters. The lowest BCUT2D eigenvalue weighted by molar-refractivity contribution is 0.416. The highest BCUT2D eigenvalue weighted by atomic mass is 35.5. The van der Waals surface area contributed by atoms with Gasteiger partial charge in [-0.2, -0.15) is 0 Å². The van der Waals surface area contributed by atoms with E-state index in [1.807, 2.05) is 80.6 Å². The molecule has 2 heterocycles. The normalized spacial score (nSPS) is 10.8. The number of ether oxygens (including phenoxy) is 1. The summed E-state index contributed by atoms with van der Waals surface area (Å²) in [6, 6.07) is 26.4. The van der Waals surface area contributed by atoms with E-state index in [4.69, 9.17) is 27.9 Å². The number of aromatic hydroxyl groups is 1. The van der Waals surface area contributed by atoms with Gasteiger partial charge in [0.1, 0.15) is 21.8 Å². The monoisotopic (exact) mass is 554 g/mol. The van der Waals surface area contributed by atoms with Crippen molar-refractivity contribution in [3.05, 3.63) is 106 Å². The average Bonchev–Trinajstić information content (AvgIpc) is 2.93. The first-order valence-corrected chi connectivity index (χ1v) is 12.9. The van der Waals surface area contributed by atoms with Crippen molar-refractivity contribution in [1.29, 1.82) is 0 Å². The summed E-state index contributed by atoms with van der Waals surface area (Å²) in [4.78, 5) is 17.7. The van der Waals surface area contributed by atoms with Crippen molar-refractivity contribution in [2.75, 3.05) is 7.11 Å². The SMILES string of the molecule is COc1ccccc1-c1nc(Cl)c2ccc(C)cc2n1.Cc1ccc2c(Cl)nc(-c3ccccc3O)nc2c1. The molecule has 0 radical (unpaired) electrons. The highest BCUT2D eigenvalue weighted by Crippen LogP contribution is 2.31. The maximum Gasteiger partial charge on any atom is 0.165 e. The molecule has 0 amide bonds. The Morgan fingerprint density at radius 3 is 1.64 bits per heavy atom. The first kappa shape index (κ1) is 26.4. The van der Waals surface area contributed by atoms with Gasteiger partial charge in [0.25, 0.3) is 0 Å². The Bertz CT molecular complexity index is 1830. The van der Waals surface area contributed by atoms with Gasteiger partial charge in [-0.3, -0.25) is 0 Å². The van der Waals surface area contributed by atoms with Gasteiger partial charge in [0.2, 0.25) is 0 Å². The van der Waals surface area contributed by atoms with Gasteiger partial charge < -0.3 is 9.84 Å². The third-order valence-electron chi connectivity index (χ3n) is 6.10. The number of aromatic nitrogens is 4. The van der Waals surface area contributed by atoms with Crippen LogP contribution in [0.15, 0.2) is 84.9 Å². The molecule has 6 aromatic rings. The van der Waals surface area contributed by atoms with Gasteiger partial charge in [0.15, 0.2) is 11.6 Å². The second-order valence-corrected chi connectivity index (χ2v) is 9.65. The molecule has 8 heteroatoms. The van der Waals surface area contributed by atoms with E-state index in [1.54, 1.807) is 25.3 Å². The molecular formula is C31H24Cl2N4O2. The molecular weight excluding hydrogens is 531 g/mol. The van der Waals surface area contributed by atoms with Crippen molar-refractivity contribution >= 4 is 45.0 Å². The van der Waals surface area contributed by atoms with E-state index in [0.717, 1.165) is 44.2 Å². The molecule has 2 aromatic heterocycles. The van der Waals surface area contributed by atoms with Crippen LogP contribution in [0.4, 0.5) is 0 Å². The Balaban J connectivity index is 0.000000158. The van der Waals surface area contributed by atoms with Gasteiger partial charge in [0.05, 0.1) is 29.3 Å². The Hall–Kier alpha value is -4.26. The zero-order valence-electron chi connectivity index (χ0n) is 21.5. The summed E-state index contributed by atoms with van der Waals surface area (Å²) in [5.41, 5.74) is 5.26. The largest absolute Gasteiger partial charge is 0.507 e. The maximum atomic E-state index is 9.86. The van der Waals surface area contributed by atoms with Gasteiger partial charge >= 0.3 is 0 Å². The number of phenolic OH excluding ortho intramolecular Hbond substituents is 1. The van der Waals surface area contributed by atoms with Crippen LogP contribution in [0.5, 0.6) is 11.5 Å². The third-order valence-corrected chi connectivity index (χ3v) is 6.68. The van der Waals surface area contributed by atoms with Crippen LogP contribution in [0.2, 0.25) is 10.3 Å². The van der Waals surface area contributed by atoms with Crippen molar-refractivity contribution in [2.45, 2.75) is 13.8 Å². The lowest BCUT2D eigenvalue weighted by Gasteiger charge is -2.09. The van der Waals surface area contributed by atoms with E-state index in [0.29, 0.717) is 27.5 Å². The predicted octanol–water partition coefficient (Wildman–Crippen LogP) is 8.23. The van der Waals surface area contributed by atoms with Gasteiger partial charge in [-0.25, -0.2) is 19.9 Å². The number of rotatable bonds is 3. The smallest absolute Gasteiger partial charge is 0.165 e. The lowest BCUT2D eigenvalue weighted by atomic mass is 10.1. The molecule has 1 N–H and O–H groups in total. The zero-order valence-corrected chi connectivity index (χ0v) is 23.0. The molecule has 0 spiro atoms. The summed E-state index contributed by atoms with van der Waals surface area (Å²) in [6.45, 7) is 4.02. The number of aryl methyl sites for hydroxylation is 2. The first-order valence-electron chi connectivity index (χ1n) is 12.1. The fourth-order valence-corrected chi connectivity index (χ4v) is 4.61. The van der Waals surface area contributed by atoms with E-state index in [1.165, 1.54) is 0 Å². The molecule has 194 valence electrons. The number of nitrogens with zero attached hydrogens (tertiary/aromatic N) is 4. The van der Waals surface area contributed by atoms with E-state index in [9.17, 15) is 5.11 Å². The molecule has 0 saturated carbocycles. The van der Waals surface area contributed by atoms with Crippen LogP contribution in [0.3, 0.4) is 0 Å². The fraction of sp³-hybridized carbons (Fsp3) is 0.0968. The van der Waals surface area contributed by atoms with Crippen LogP contribution in [0, 0.1) is 13.8 Å². The predicted molar refractivity (Wildman–Crippen MR) is 158 cm³/mol. The third kappa shape index (κ3) is 5.62. The van der Waals surface area contributed by atoms with Crippen molar-refractivity contribution in [3.8, 4) is 34.3 Å². The second-order valence-electron chi connectivity index (χ2n) is 8.93. The first-order chi connectivity index (χ1) is 18.8. The number of hydrogen-bond donors (Lipinski definition) is 1. The van der Waals surface area contributed by atoms with Crippen molar-refractivity contribution in [2.24, 2.45) is 0 Å². The van der Waals surface area contributed by atoms with Crippen LogP contribution >= 0.6 is 23.2 Å². The van der Waals surface area contributed by atoms with Crippen molar-refractivity contribution in [1.82, 2.24) is 19.9 Å². The molecule has 0 bridgehead atoms.